The lowest BCUT2D eigenvalue weighted by molar-refractivity contribution is 0.0955. The number of hydrazone groups is 1. The van der Waals surface area contributed by atoms with Gasteiger partial charge >= 0.3 is 0 Å². The summed E-state index contributed by atoms with van der Waals surface area (Å²) in [6, 6.07) is 20.9. The third kappa shape index (κ3) is 4.60. The van der Waals surface area contributed by atoms with Gasteiger partial charge in [-0.1, -0.05) is 42.5 Å². The Morgan fingerprint density at radius 3 is 1.87 bits per heavy atom. The summed E-state index contributed by atoms with van der Waals surface area (Å²) < 4.78 is 16.1. The number of amides is 1. The quantitative estimate of drug-likeness (QED) is 0.464. The molecule has 0 heterocycles. The highest BCUT2D eigenvalue weighted by atomic mass is 16.5. The highest BCUT2D eigenvalue weighted by Gasteiger charge is 2.14. The lowest BCUT2D eigenvalue weighted by Gasteiger charge is -2.14. The van der Waals surface area contributed by atoms with Gasteiger partial charge in [0, 0.05) is 11.1 Å². The smallest absolute Gasteiger partial charge is 0.271 e. The Bertz CT molecular complexity index is 1020. The molecule has 1 amide bonds. The summed E-state index contributed by atoms with van der Waals surface area (Å²) in [6.45, 7) is 1.79. The molecule has 0 aromatic heterocycles. The Hall–Kier alpha value is -3.80. The zero-order valence-electron chi connectivity index (χ0n) is 17.4. The number of nitrogens with zero attached hydrogens (tertiary/aromatic N) is 1. The van der Waals surface area contributed by atoms with Crippen LogP contribution in [-0.4, -0.2) is 32.9 Å². The monoisotopic (exact) mass is 404 g/mol. The van der Waals surface area contributed by atoms with Crippen molar-refractivity contribution in [2.45, 2.75) is 6.92 Å². The predicted molar refractivity (Wildman–Crippen MR) is 118 cm³/mol. The average molecular weight is 404 g/mol. The third-order valence-electron chi connectivity index (χ3n) is 4.66. The summed E-state index contributed by atoms with van der Waals surface area (Å²) in [5, 5.41) is 4.22. The molecule has 30 heavy (non-hydrogen) atoms. The van der Waals surface area contributed by atoms with Gasteiger partial charge in [0.15, 0.2) is 11.5 Å². The molecule has 1 N–H and O–H groups in total. The van der Waals surface area contributed by atoms with Crippen molar-refractivity contribution in [1.82, 2.24) is 5.43 Å². The van der Waals surface area contributed by atoms with Gasteiger partial charge in [0.25, 0.3) is 5.91 Å². The van der Waals surface area contributed by atoms with E-state index in [4.69, 9.17) is 14.2 Å². The fourth-order valence-corrected chi connectivity index (χ4v) is 3.00. The van der Waals surface area contributed by atoms with Crippen LogP contribution in [0.1, 0.15) is 22.8 Å². The maximum atomic E-state index is 12.5. The van der Waals surface area contributed by atoms with Gasteiger partial charge in [-0.2, -0.15) is 5.10 Å². The minimum absolute atomic E-state index is 0.290. The molecule has 0 radical (unpaired) electrons. The van der Waals surface area contributed by atoms with Crippen LogP contribution in [0.15, 0.2) is 71.8 Å². The zero-order valence-corrected chi connectivity index (χ0v) is 17.4. The second kappa shape index (κ2) is 9.60. The van der Waals surface area contributed by atoms with Crippen LogP contribution in [0, 0.1) is 0 Å². The number of methoxy groups -OCH3 is 3. The van der Waals surface area contributed by atoms with Crippen molar-refractivity contribution >= 4 is 11.6 Å². The van der Waals surface area contributed by atoms with Crippen LogP contribution in [0.5, 0.6) is 17.2 Å². The van der Waals surface area contributed by atoms with E-state index in [-0.39, 0.29) is 5.91 Å². The summed E-state index contributed by atoms with van der Waals surface area (Å²) >= 11 is 0. The molecule has 0 unspecified atom stereocenters. The first-order chi connectivity index (χ1) is 14.6. The van der Waals surface area contributed by atoms with Crippen molar-refractivity contribution in [2.24, 2.45) is 5.10 Å². The number of rotatable bonds is 7. The Labute approximate surface area is 176 Å². The van der Waals surface area contributed by atoms with E-state index in [1.807, 2.05) is 42.5 Å². The molecule has 0 atom stereocenters. The molecule has 0 bridgehead atoms. The molecule has 6 heteroatoms. The van der Waals surface area contributed by atoms with Gasteiger partial charge in [0.05, 0.1) is 27.0 Å². The first kappa shape index (κ1) is 20.9. The van der Waals surface area contributed by atoms with Crippen LogP contribution in [0.2, 0.25) is 0 Å². The second-order valence-electron chi connectivity index (χ2n) is 6.50. The van der Waals surface area contributed by atoms with Gasteiger partial charge in [-0.05, 0) is 42.3 Å². The highest BCUT2D eigenvalue weighted by Crippen LogP contribution is 2.38. The van der Waals surface area contributed by atoms with Gasteiger partial charge in [-0.3, -0.25) is 4.79 Å². The molecule has 3 aromatic carbocycles. The number of carbonyl (C=O) groups is 1. The molecule has 6 nitrogen and oxygen atoms in total. The second-order valence-corrected chi connectivity index (χ2v) is 6.50. The summed E-state index contributed by atoms with van der Waals surface area (Å²) in [7, 11) is 4.65. The summed E-state index contributed by atoms with van der Waals surface area (Å²) in [6.07, 6.45) is 0. The number of carbonyl (C=O) groups excluding carboxylic acids is 1. The first-order valence-corrected chi connectivity index (χ1v) is 9.38. The van der Waals surface area contributed by atoms with Crippen LogP contribution in [0.25, 0.3) is 11.1 Å². The first-order valence-electron chi connectivity index (χ1n) is 9.38. The van der Waals surface area contributed by atoms with Crippen molar-refractivity contribution in [3.05, 3.63) is 77.9 Å². The Balaban J connectivity index is 1.76. The third-order valence-corrected chi connectivity index (χ3v) is 4.66. The van der Waals surface area contributed by atoms with Crippen LogP contribution in [0.4, 0.5) is 0 Å². The number of benzene rings is 3. The molecule has 0 aliphatic carbocycles. The maximum Gasteiger partial charge on any atom is 0.271 e. The largest absolute Gasteiger partial charge is 0.493 e. The highest BCUT2D eigenvalue weighted by molar-refractivity contribution is 6.01. The zero-order chi connectivity index (χ0) is 21.5. The van der Waals surface area contributed by atoms with Gasteiger partial charge in [0.2, 0.25) is 5.75 Å². The van der Waals surface area contributed by atoms with E-state index in [1.54, 1.807) is 52.5 Å². The lowest BCUT2D eigenvalue weighted by atomic mass is 10.0. The number of nitrogens with one attached hydrogen (secondary N) is 1. The number of ether oxygens (including phenoxy) is 3. The molecule has 3 rings (SSSR count). The topological polar surface area (TPSA) is 69.2 Å². The normalized spacial score (nSPS) is 11.0. The van der Waals surface area contributed by atoms with Crippen molar-refractivity contribution < 1.29 is 19.0 Å². The fraction of sp³-hybridized carbons (Fsp3) is 0.167. The van der Waals surface area contributed by atoms with E-state index in [1.165, 1.54) is 0 Å². The Morgan fingerprint density at radius 2 is 1.33 bits per heavy atom. The van der Waals surface area contributed by atoms with Crippen LogP contribution < -0.4 is 19.6 Å². The maximum absolute atomic E-state index is 12.5. The van der Waals surface area contributed by atoms with Crippen molar-refractivity contribution in [2.75, 3.05) is 21.3 Å². The molecular formula is C24H24N2O4. The molecule has 0 aliphatic rings. The van der Waals surface area contributed by atoms with Gasteiger partial charge in [0.1, 0.15) is 0 Å². The van der Waals surface area contributed by atoms with E-state index < -0.39 is 0 Å². The molecule has 0 aliphatic heterocycles. The molecule has 3 aromatic rings. The standard InChI is InChI=1S/C24H24N2O4/c1-16(20-14-21(28-2)23(30-4)22(15-20)29-3)25-26-24(27)19-12-10-18(11-13-19)17-8-6-5-7-9-17/h5-15H,1-4H3,(H,26,27)/b25-16-. The SMILES string of the molecule is COc1cc(/C(C)=N\NC(=O)c2ccc(-c3ccccc3)cc2)cc(OC)c1OC. The molecule has 0 saturated heterocycles. The Morgan fingerprint density at radius 1 is 0.767 bits per heavy atom. The molecule has 0 spiro atoms. The molecule has 154 valence electrons. The van der Waals surface area contributed by atoms with E-state index in [0.29, 0.717) is 28.5 Å². The van der Waals surface area contributed by atoms with Crippen LogP contribution in [-0.2, 0) is 0 Å². The minimum Gasteiger partial charge on any atom is -0.493 e. The summed E-state index contributed by atoms with van der Waals surface area (Å²) in [5.74, 6) is 1.24. The molecule has 0 saturated carbocycles. The fourth-order valence-electron chi connectivity index (χ4n) is 3.00. The van der Waals surface area contributed by atoms with Gasteiger partial charge in [-0.25, -0.2) is 5.43 Å². The van der Waals surface area contributed by atoms with Crippen LogP contribution in [0.3, 0.4) is 0 Å². The van der Waals surface area contributed by atoms with E-state index in [0.717, 1.165) is 16.7 Å². The average Bonchev–Trinajstić information content (AvgIpc) is 2.81. The van der Waals surface area contributed by atoms with E-state index >= 15 is 0 Å². The minimum atomic E-state index is -0.290. The van der Waals surface area contributed by atoms with Gasteiger partial charge < -0.3 is 14.2 Å². The number of hydrogen-bond acceptors (Lipinski definition) is 5. The van der Waals surface area contributed by atoms with Crippen LogP contribution >= 0.6 is 0 Å². The van der Waals surface area contributed by atoms with Gasteiger partial charge in [-0.15, -0.1) is 0 Å². The van der Waals surface area contributed by atoms with E-state index in [2.05, 4.69) is 10.5 Å². The van der Waals surface area contributed by atoms with Crippen molar-refractivity contribution in [3.8, 4) is 28.4 Å². The van der Waals surface area contributed by atoms with Crippen molar-refractivity contribution in [1.29, 1.82) is 0 Å². The molecular weight excluding hydrogens is 380 g/mol. The Kier molecular flexibility index (Phi) is 6.70. The van der Waals surface area contributed by atoms with Crippen molar-refractivity contribution in [3.63, 3.8) is 0 Å². The summed E-state index contributed by atoms with van der Waals surface area (Å²) in [4.78, 5) is 12.5. The summed E-state index contributed by atoms with van der Waals surface area (Å²) in [5.41, 5.74) is 6.60. The van der Waals surface area contributed by atoms with E-state index in [9.17, 15) is 4.79 Å². The lowest BCUT2D eigenvalue weighted by Crippen LogP contribution is -2.19. The molecule has 0 fully saturated rings. The number of hydrogen-bond donors (Lipinski definition) is 1. The predicted octanol–water partition coefficient (Wildman–Crippen LogP) is 4.53.